The van der Waals surface area contributed by atoms with Gasteiger partial charge in [0.25, 0.3) is 0 Å². The number of furan rings is 1. The zero-order valence-corrected chi connectivity index (χ0v) is 28.2. The Balaban J connectivity index is 1.04. The summed E-state index contributed by atoms with van der Waals surface area (Å²) in [7, 11) is 0. The number of anilines is 5. The van der Waals surface area contributed by atoms with E-state index in [4.69, 9.17) is 4.42 Å². The molecular formula is C48H36N2O. The fourth-order valence-corrected chi connectivity index (χ4v) is 8.32. The lowest BCUT2D eigenvalue weighted by Crippen LogP contribution is -2.29. The second-order valence-electron chi connectivity index (χ2n) is 13.6. The molecule has 2 heterocycles. The first kappa shape index (κ1) is 29.6. The Bertz CT molecular complexity index is 2530. The molecule has 244 valence electrons. The summed E-state index contributed by atoms with van der Waals surface area (Å²) in [6.45, 7) is 0. The van der Waals surface area contributed by atoms with Gasteiger partial charge in [-0.05, 0) is 95.8 Å². The van der Waals surface area contributed by atoms with Crippen molar-refractivity contribution < 1.29 is 4.42 Å². The Hall–Kier alpha value is -6.32. The van der Waals surface area contributed by atoms with Gasteiger partial charge in [-0.2, -0.15) is 0 Å². The minimum absolute atomic E-state index is 0.354. The molecule has 7 aromatic carbocycles. The minimum Gasteiger partial charge on any atom is -0.455 e. The maximum absolute atomic E-state index is 6.39. The van der Waals surface area contributed by atoms with Gasteiger partial charge in [-0.1, -0.05) is 121 Å². The molecule has 0 radical (unpaired) electrons. The largest absolute Gasteiger partial charge is 0.455 e. The van der Waals surface area contributed by atoms with Crippen LogP contribution in [0.4, 0.5) is 28.4 Å². The lowest BCUT2D eigenvalue weighted by atomic mass is 9.86. The molecule has 0 saturated heterocycles. The monoisotopic (exact) mass is 656 g/mol. The van der Waals surface area contributed by atoms with E-state index in [1.165, 1.54) is 34.5 Å². The summed E-state index contributed by atoms with van der Waals surface area (Å²) < 4.78 is 6.39. The highest BCUT2D eigenvalue weighted by Crippen LogP contribution is 2.49. The highest BCUT2D eigenvalue weighted by molar-refractivity contribution is 6.09. The Morgan fingerprint density at radius 1 is 0.529 bits per heavy atom. The van der Waals surface area contributed by atoms with Crippen LogP contribution in [0.2, 0.25) is 0 Å². The Labute approximate surface area is 298 Å². The smallest absolute Gasteiger partial charge is 0.143 e. The van der Waals surface area contributed by atoms with Crippen molar-refractivity contribution in [1.29, 1.82) is 0 Å². The lowest BCUT2D eigenvalue weighted by molar-refractivity contribution is 0.573. The van der Waals surface area contributed by atoms with E-state index in [1.807, 2.05) is 12.1 Å². The molecule has 0 bridgehead atoms. The fourth-order valence-electron chi connectivity index (χ4n) is 8.32. The minimum atomic E-state index is 0.354. The van der Waals surface area contributed by atoms with Crippen molar-refractivity contribution in [2.75, 3.05) is 9.80 Å². The van der Waals surface area contributed by atoms with Crippen LogP contribution in [0.3, 0.4) is 0 Å². The van der Waals surface area contributed by atoms with Crippen LogP contribution in [0, 0.1) is 0 Å². The molecule has 3 heteroatoms. The SMILES string of the molecule is C1=CC2C(CC1)c1ccccc1N2c1ccc(N(c2ccc(-c3ccccc3)cc2)c2ccc(-c3cccc4c3oc3ccccc34)cc2)cc1. The summed E-state index contributed by atoms with van der Waals surface area (Å²) in [6.07, 6.45) is 7.11. The van der Waals surface area contributed by atoms with Crippen LogP contribution >= 0.6 is 0 Å². The van der Waals surface area contributed by atoms with E-state index in [0.717, 1.165) is 56.5 Å². The van der Waals surface area contributed by atoms with Gasteiger partial charge < -0.3 is 14.2 Å². The highest BCUT2D eigenvalue weighted by Gasteiger charge is 2.38. The van der Waals surface area contributed by atoms with Crippen molar-refractivity contribution in [3.8, 4) is 22.3 Å². The number of nitrogens with zero attached hydrogens (tertiary/aromatic N) is 2. The molecule has 1 aromatic heterocycles. The van der Waals surface area contributed by atoms with Crippen LogP contribution in [-0.2, 0) is 0 Å². The average molecular weight is 657 g/mol. The Kier molecular flexibility index (Phi) is 7.09. The van der Waals surface area contributed by atoms with E-state index in [-0.39, 0.29) is 0 Å². The number of para-hydroxylation sites is 3. The number of hydrogen-bond acceptors (Lipinski definition) is 3. The molecule has 2 atom stereocenters. The molecule has 0 spiro atoms. The third kappa shape index (κ3) is 5.04. The van der Waals surface area contributed by atoms with Gasteiger partial charge in [0.15, 0.2) is 0 Å². The van der Waals surface area contributed by atoms with Gasteiger partial charge in [-0.3, -0.25) is 0 Å². The predicted octanol–water partition coefficient (Wildman–Crippen LogP) is 13.3. The topological polar surface area (TPSA) is 19.6 Å². The first-order valence-electron chi connectivity index (χ1n) is 17.9. The van der Waals surface area contributed by atoms with E-state index in [9.17, 15) is 0 Å². The summed E-state index contributed by atoms with van der Waals surface area (Å²) in [5.74, 6) is 0.537. The van der Waals surface area contributed by atoms with E-state index in [0.29, 0.717) is 12.0 Å². The Morgan fingerprint density at radius 3 is 1.94 bits per heavy atom. The van der Waals surface area contributed by atoms with E-state index in [1.54, 1.807) is 0 Å². The standard InChI is InChI=1S/C48H36N2O/c1-2-11-33(12-3-1)34-21-25-36(26-22-34)49(37-27-23-35(24-28-37)40-16-10-17-44-43-15-6-9-20-47(43)51-48(40)44)38-29-31-39(32-30-38)50-45-18-7-4-13-41(45)42-14-5-8-19-46(42)50/h1-4,6-13,15-32,42,46H,5,14H2. The van der Waals surface area contributed by atoms with Gasteiger partial charge in [0.2, 0.25) is 0 Å². The predicted molar refractivity (Wildman–Crippen MR) is 213 cm³/mol. The molecule has 0 saturated carbocycles. The summed E-state index contributed by atoms with van der Waals surface area (Å²) in [5.41, 5.74) is 13.8. The molecule has 3 nitrogen and oxygen atoms in total. The number of allylic oxidation sites excluding steroid dienone is 1. The zero-order chi connectivity index (χ0) is 33.7. The molecule has 10 rings (SSSR count). The summed E-state index contributed by atoms with van der Waals surface area (Å²) in [5, 5.41) is 2.29. The molecule has 2 unspecified atom stereocenters. The quantitative estimate of drug-likeness (QED) is 0.166. The molecule has 0 fully saturated rings. The second kappa shape index (κ2) is 12.2. The van der Waals surface area contributed by atoms with Crippen LogP contribution in [0.5, 0.6) is 0 Å². The van der Waals surface area contributed by atoms with Crippen LogP contribution in [0.1, 0.15) is 24.3 Å². The highest BCUT2D eigenvalue weighted by atomic mass is 16.3. The third-order valence-corrected chi connectivity index (χ3v) is 10.7. The van der Waals surface area contributed by atoms with Crippen LogP contribution in [0.15, 0.2) is 186 Å². The number of benzene rings is 7. The normalized spacial score (nSPS) is 16.4. The lowest BCUT2D eigenvalue weighted by Gasteiger charge is -2.31. The first-order chi connectivity index (χ1) is 25.3. The van der Waals surface area contributed by atoms with Crippen molar-refractivity contribution >= 4 is 50.4 Å². The number of hydrogen-bond donors (Lipinski definition) is 0. The van der Waals surface area contributed by atoms with Crippen LogP contribution in [0.25, 0.3) is 44.2 Å². The van der Waals surface area contributed by atoms with Gasteiger partial charge in [-0.15, -0.1) is 0 Å². The maximum Gasteiger partial charge on any atom is 0.143 e. The molecule has 8 aromatic rings. The summed E-state index contributed by atoms with van der Waals surface area (Å²) in [4.78, 5) is 4.89. The van der Waals surface area contributed by atoms with Crippen molar-refractivity contribution in [2.45, 2.75) is 24.8 Å². The molecule has 1 aliphatic carbocycles. The molecule has 2 aliphatic rings. The number of rotatable bonds is 6. The molecule has 0 N–H and O–H groups in total. The molecule has 1 aliphatic heterocycles. The maximum atomic E-state index is 6.39. The van der Waals surface area contributed by atoms with Crippen molar-refractivity contribution in [1.82, 2.24) is 0 Å². The Morgan fingerprint density at radius 2 is 1.16 bits per heavy atom. The second-order valence-corrected chi connectivity index (χ2v) is 13.6. The number of fused-ring (bicyclic) bond motifs is 6. The molecule has 0 amide bonds. The van der Waals surface area contributed by atoms with Gasteiger partial charge in [-0.25, -0.2) is 0 Å². The van der Waals surface area contributed by atoms with Gasteiger partial charge in [0, 0.05) is 50.7 Å². The van der Waals surface area contributed by atoms with Crippen molar-refractivity contribution in [2.24, 2.45) is 0 Å². The third-order valence-electron chi connectivity index (χ3n) is 10.7. The first-order valence-corrected chi connectivity index (χ1v) is 17.9. The fraction of sp³-hybridized carbons (Fsp3) is 0.0833. The van der Waals surface area contributed by atoms with Crippen LogP contribution in [-0.4, -0.2) is 6.04 Å². The van der Waals surface area contributed by atoms with Crippen molar-refractivity contribution in [3.05, 3.63) is 188 Å². The van der Waals surface area contributed by atoms with E-state index in [2.05, 4.69) is 180 Å². The molecular weight excluding hydrogens is 621 g/mol. The zero-order valence-electron chi connectivity index (χ0n) is 28.2. The molecule has 51 heavy (non-hydrogen) atoms. The summed E-state index contributed by atoms with van der Waals surface area (Å²) >= 11 is 0. The average Bonchev–Trinajstić information content (AvgIpc) is 3.75. The van der Waals surface area contributed by atoms with E-state index < -0.39 is 0 Å². The van der Waals surface area contributed by atoms with Crippen molar-refractivity contribution in [3.63, 3.8) is 0 Å². The van der Waals surface area contributed by atoms with Gasteiger partial charge >= 0.3 is 0 Å². The van der Waals surface area contributed by atoms with E-state index >= 15 is 0 Å². The van der Waals surface area contributed by atoms with Gasteiger partial charge in [0.1, 0.15) is 11.2 Å². The summed E-state index contributed by atoms with van der Waals surface area (Å²) in [6, 6.07) is 61.5. The van der Waals surface area contributed by atoms with Gasteiger partial charge in [0.05, 0.1) is 6.04 Å². The van der Waals surface area contributed by atoms with Crippen LogP contribution < -0.4 is 9.80 Å².